The molecule has 0 aliphatic carbocycles. The Morgan fingerprint density at radius 3 is 1.71 bits per heavy atom. The van der Waals surface area contributed by atoms with E-state index in [0.717, 1.165) is 0 Å². The van der Waals surface area contributed by atoms with Crippen LogP contribution in [-0.4, -0.2) is 20.7 Å². The maximum atomic E-state index is 4.54. The zero-order valence-corrected chi connectivity index (χ0v) is 4.51. The van der Waals surface area contributed by atoms with Crippen molar-refractivity contribution in [3.05, 3.63) is 7.11 Å². The molecule has 0 aliphatic rings. The average molecular weight is 105 g/mol. The SMILES string of the molecule is [CH2+]OC(OC)OC. The maximum Gasteiger partial charge on any atom is 0.316 e. The summed E-state index contributed by atoms with van der Waals surface area (Å²) < 4.78 is 13.4. The first kappa shape index (κ1) is 6.75. The molecule has 0 aliphatic heterocycles. The van der Waals surface area contributed by atoms with Crippen molar-refractivity contribution in [1.82, 2.24) is 0 Å². The molecule has 0 saturated heterocycles. The fourth-order valence-corrected chi connectivity index (χ4v) is 0.232. The highest BCUT2D eigenvalue weighted by atomic mass is 16.8. The molecule has 0 atom stereocenters. The van der Waals surface area contributed by atoms with E-state index in [1.165, 1.54) is 14.2 Å². The molecule has 0 radical (unpaired) electrons. The van der Waals surface area contributed by atoms with Crippen molar-refractivity contribution in [3.63, 3.8) is 0 Å². The number of methoxy groups -OCH3 is 2. The molecule has 3 heteroatoms. The van der Waals surface area contributed by atoms with Gasteiger partial charge in [-0.1, -0.05) is 0 Å². The van der Waals surface area contributed by atoms with Crippen LogP contribution >= 0.6 is 0 Å². The molecule has 0 aromatic heterocycles. The van der Waals surface area contributed by atoms with Crippen LogP contribution in [0.15, 0.2) is 0 Å². The van der Waals surface area contributed by atoms with Gasteiger partial charge in [-0.3, -0.25) is 0 Å². The Balaban J connectivity index is 2.99. The molecule has 7 heavy (non-hydrogen) atoms. The summed E-state index contributed by atoms with van der Waals surface area (Å²) >= 11 is 0. The molecule has 0 saturated carbocycles. The molecule has 0 rings (SSSR count). The number of ether oxygens (including phenoxy) is 3. The second-order valence-corrected chi connectivity index (χ2v) is 0.927. The van der Waals surface area contributed by atoms with E-state index in [9.17, 15) is 0 Å². The van der Waals surface area contributed by atoms with Gasteiger partial charge in [-0.15, -0.1) is 4.74 Å². The van der Waals surface area contributed by atoms with Gasteiger partial charge >= 0.3 is 6.48 Å². The minimum atomic E-state index is -0.625. The van der Waals surface area contributed by atoms with Crippen LogP contribution in [-0.2, 0) is 14.2 Å². The van der Waals surface area contributed by atoms with E-state index in [1.54, 1.807) is 0 Å². The molecule has 0 N–H and O–H groups in total. The predicted octanol–water partition coefficient (Wildman–Crippen LogP) is 0.371. The minimum absolute atomic E-state index is 0.625. The lowest BCUT2D eigenvalue weighted by Crippen LogP contribution is -2.13. The van der Waals surface area contributed by atoms with Crippen molar-refractivity contribution < 1.29 is 14.2 Å². The van der Waals surface area contributed by atoms with Crippen LogP contribution in [0.1, 0.15) is 0 Å². The van der Waals surface area contributed by atoms with Crippen LogP contribution in [0, 0.1) is 7.11 Å². The molecule has 0 amide bonds. The largest absolute Gasteiger partial charge is 0.330 e. The predicted molar refractivity (Wildman–Crippen MR) is 24.2 cm³/mol. The van der Waals surface area contributed by atoms with E-state index in [0.29, 0.717) is 0 Å². The fraction of sp³-hybridized carbons (Fsp3) is 0.750. The van der Waals surface area contributed by atoms with Gasteiger partial charge in [0, 0.05) is 14.2 Å². The third-order valence-corrected chi connectivity index (χ3v) is 0.521. The zero-order chi connectivity index (χ0) is 5.70. The zero-order valence-electron chi connectivity index (χ0n) is 4.51. The van der Waals surface area contributed by atoms with E-state index in [2.05, 4.69) is 21.3 Å². The summed E-state index contributed by atoms with van der Waals surface area (Å²) in [5.74, 6) is 0. The van der Waals surface area contributed by atoms with E-state index in [-0.39, 0.29) is 0 Å². The van der Waals surface area contributed by atoms with Gasteiger partial charge in [0.15, 0.2) is 0 Å². The highest BCUT2D eigenvalue weighted by Gasteiger charge is 2.02. The van der Waals surface area contributed by atoms with Crippen molar-refractivity contribution in [2.24, 2.45) is 0 Å². The quantitative estimate of drug-likeness (QED) is 0.383. The molecule has 0 spiro atoms. The van der Waals surface area contributed by atoms with Gasteiger partial charge in [0.1, 0.15) is 0 Å². The third kappa shape index (κ3) is 2.45. The normalized spacial score (nSPS) is 10.1. The summed E-state index contributed by atoms with van der Waals surface area (Å²) in [5.41, 5.74) is 0. The van der Waals surface area contributed by atoms with E-state index in [4.69, 9.17) is 0 Å². The smallest absolute Gasteiger partial charge is 0.316 e. The van der Waals surface area contributed by atoms with Crippen LogP contribution in [0.3, 0.4) is 0 Å². The lowest BCUT2D eigenvalue weighted by molar-refractivity contribution is -0.241. The maximum absolute atomic E-state index is 4.54. The Hall–Kier alpha value is -0.250. The summed E-state index contributed by atoms with van der Waals surface area (Å²) in [5, 5.41) is 0. The summed E-state index contributed by atoms with van der Waals surface area (Å²) in [6.45, 7) is -0.625. The Morgan fingerprint density at radius 2 is 1.71 bits per heavy atom. The van der Waals surface area contributed by atoms with Crippen LogP contribution < -0.4 is 0 Å². The molecule has 0 aromatic carbocycles. The Morgan fingerprint density at radius 1 is 1.29 bits per heavy atom. The minimum Gasteiger partial charge on any atom is -0.330 e. The van der Waals surface area contributed by atoms with Crippen molar-refractivity contribution in [1.29, 1.82) is 0 Å². The second kappa shape index (κ2) is 3.92. The molecule has 0 aromatic rings. The molecule has 0 bridgehead atoms. The van der Waals surface area contributed by atoms with E-state index < -0.39 is 6.48 Å². The van der Waals surface area contributed by atoms with E-state index >= 15 is 0 Å². The lowest BCUT2D eigenvalue weighted by atomic mass is 11.2. The summed E-state index contributed by atoms with van der Waals surface area (Å²) in [6, 6.07) is 0. The van der Waals surface area contributed by atoms with Crippen molar-refractivity contribution >= 4 is 0 Å². The first-order chi connectivity index (χ1) is 3.35. The van der Waals surface area contributed by atoms with Gasteiger partial charge in [0.25, 0.3) is 0 Å². The molecular formula is C4H9O3+. The van der Waals surface area contributed by atoms with Gasteiger partial charge in [0.05, 0.1) is 0 Å². The van der Waals surface area contributed by atoms with Crippen molar-refractivity contribution in [2.45, 2.75) is 6.48 Å². The molecule has 3 nitrogen and oxygen atoms in total. The molecule has 0 unspecified atom stereocenters. The highest BCUT2D eigenvalue weighted by Crippen LogP contribution is 1.88. The van der Waals surface area contributed by atoms with Crippen molar-refractivity contribution in [3.8, 4) is 0 Å². The van der Waals surface area contributed by atoms with E-state index in [1.807, 2.05) is 0 Å². The second-order valence-electron chi connectivity index (χ2n) is 0.927. The number of hydrogen-bond donors (Lipinski definition) is 0. The summed E-state index contributed by atoms with van der Waals surface area (Å²) in [7, 11) is 6.02. The first-order valence-corrected chi connectivity index (χ1v) is 1.81. The van der Waals surface area contributed by atoms with Crippen molar-refractivity contribution in [2.75, 3.05) is 14.2 Å². The molecule has 0 heterocycles. The van der Waals surface area contributed by atoms with Gasteiger partial charge in [0.2, 0.25) is 7.11 Å². The van der Waals surface area contributed by atoms with Gasteiger partial charge < -0.3 is 9.47 Å². The number of hydrogen-bond acceptors (Lipinski definition) is 3. The third-order valence-electron chi connectivity index (χ3n) is 0.521. The van der Waals surface area contributed by atoms with Crippen LogP contribution in [0.2, 0.25) is 0 Å². The van der Waals surface area contributed by atoms with Crippen LogP contribution in [0.5, 0.6) is 0 Å². The lowest BCUT2D eigenvalue weighted by Gasteiger charge is -2.03. The van der Waals surface area contributed by atoms with Gasteiger partial charge in [-0.25, -0.2) is 0 Å². The van der Waals surface area contributed by atoms with Crippen LogP contribution in [0.25, 0.3) is 0 Å². The van der Waals surface area contributed by atoms with Gasteiger partial charge in [-0.05, 0) is 0 Å². The Labute approximate surface area is 43.2 Å². The molecule has 42 valence electrons. The standard InChI is InChI=1S/C4H9O3/c1-5-4(6-2)7-3/h4H,1H2,2-3H3/q+1. The highest BCUT2D eigenvalue weighted by molar-refractivity contribution is 4.13. The Bertz CT molecular complexity index is 28.4. The number of rotatable bonds is 3. The fourth-order valence-electron chi connectivity index (χ4n) is 0.232. The Kier molecular flexibility index (Phi) is 3.78. The first-order valence-electron chi connectivity index (χ1n) is 1.81. The monoisotopic (exact) mass is 105 g/mol. The molecule has 0 fully saturated rings. The van der Waals surface area contributed by atoms with Gasteiger partial charge in [-0.2, -0.15) is 0 Å². The van der Waals surface area contributed by atoms with Crippen LogP contribution in [0.4, 0.5) is 0 Å². The summed E-state index contributed by atoms with van der Waals surface area (Å²) in [4.78, 5) is 0. The summed E-state index contributed by atoms with van der Waals surface area (Å²) in [6.07, 6.45) is 0. The molecular weight excluding hydrogens is 96.0 g/mol. The topological polar surface area (TPSA) is 27.7 Å². The average Bonchev–Trinajstić information content (AvgIpc) is 1.72.